The predicted molar refractivity (Wildman–Crippen MR) is 73.1 cm³/mol. The van der Waals surface area contributed by atoms with E-state index in [0.717, 1.165) is 0 Å². The van der Waals surface area contributed by atoms with E-state index in [1.165, 1.54) is 0 Å². The fraction of sp³-hybridized carbons (Fsp3) is 0.846. The van der Waals surface area contributed by atoms with E-state index in [-0.39, 0.29) is 24.5 Å². The number of aliphatic carboxylic acids is 1. The van der Waals surface area contributed by atoms with E-state index in [2.05, 4.69) is 5.32 Å². The second-order valence-electron chi connectivity index (χ2n) is 5.15. The van der Waals surface area contributed by atoms with Crippen LogP contribution in [0.1, 0.15) is 27.7 Å². The van der Waals surface area contributed by atoms with Crippen LogP contribution in [0.15, 0.2) is 0 Å². The number of hydrogen-bond acceptors (Lipinski definition) is 3. The standard InChI is InChI=1S/C13H26N2O4/c1-9(2)11(12(16)17)8-14-13(18)15(10(3)4)6-7-19-5/h9-11H,6-8H2,1-5H3,(H,14,18)(H,16,17). The number of nitrogens with zero attached hydrogens (tertiary/aromatic N) is 1. The van der Waals surface area contributed by atoms with Crippen molar-refractivity contribution in [2.24, 2.45) is 11.8 Å². The Morgan fingerprint density at radius 2 is 1.84 bits per heavy atom. The van der Waals surface area contributed by atoms with E-state index in [4.69, 9.17) is 9.84 Å². The summed E-state index contributed by atoms with van der Waals surface area (Å²) in [4.78, 5) is 24.7. The minimum absolute atomic E-state index is 0.0238. The lowest BCUT2D eigenvalue weighted by molar-refractivity contribution is -0.142. The third-order valence-corrected chi connectivity index (χ3v) is 3.02. The topological polar surface area (TPSA) is 78.9 Å². The van der Waals surface area contributed by atoms with Crippen molar-refractivity contribution in [3.8, 4) is 0 Å². The number of ether oxygens (including phenoxy) is 1. The molecule has 2 N–H and O–H groups in total. The third-order valence-electron chi connectivity index (χ3n) is 3.02. The summed E-state index contributed by atoms with van der Waals surface area (Å²) < 4.78 is 4.96. The van der Waals surface area contributed by atoms with Crippen LogP contribution >= 0.6 is 0 Å². The fourth-order valence-electron chi connectivity index (χ4n) is 1.69. The molecule has 6 nitrogen and oxygen atoms in total. The zero-order valence-electron chi connectivity index (χ0n) is 12.5. The predicted octanol–water partition coefficient (Wildman–Crippen LogP) is 1.41. The average molecular weight is 274 g/mol. The van der Waals surface area contributed by atoms with Gasteiger partial charge < -0.3 is 20.1 Å². The van der Waals surface area contributed by atoms with Gasteiger partial charge in [0, 0.05) is 26.2 Å². The highest BCUT2D eigenvalue weighted by molar-refractivity contribution is 5.76. The van der Waals surface area contributed by atoms with E-state index in [0.29, 0.717) is 13.2 Å². The Hall–Kier alpha value is -1.30. The zero-order valence-corrected chi connectivity index (χ0v) is 12.5. The second-order valence-corrected chi connectivity index (χ2v) is 5.15. The highest BCUT2D eigenvalue weighted by Gasteiger charge is 2.24. The first kappa shape index (κ1) is 17.7. The van der Waals surface area contributed by atoms with Gasteiger partial charge in [-0.15, -0.1) is 0 Å². The summed E-state index contributed by atoms with van der Waals surface area (Å²) in [5.41, 5.74) is 0. The quantitative estimate of drug-likeness (QED) is 0.701. The molecule has 112 valence electrons. The Bertz CT molecular complexity index is 292. The molecule has 1 unspecified atom stereocenters. The molecule has 0 rings (SSSR count). The van der Waals surface area contributed by atoms with Gasteiger partial charge in [-0.2, -0.15) is 0 Å². The van der Waals surface area contributed by atoms with Crippen LogP contribution in [0.4, 0.5) is 4.79 Å². The van der Waals surface area contributed by atoms with Crippen LogP contribution in [0.25, 0.3) is 0 Å². The summed E-state index contributed by atoms with van der Waals surface area (Å²) in [6.07, 6.45) is 0. The first-order valence-corrected chi connectivity index (χ1v) is 6.57. The Morgan fingerprint density at radius 1 is 1.26 bits per heavy atom. The first-order valence-electron chi connectivity index (χ1n) is 6.57. The van der Waals surface area contributed by atoms with Crippen molar-refractivity contribution in [2.45, 2.75) is 33.7 Å². The van der Waals surface area contributed by atoms with Crippen LogP contribution in [-0.2, 0) is 9.53 Å². The number of amides is 2. The maximum Gasteiger partial charge on any atom is 0.317 e. The highest BCUT2D eigenvalue weighted by Crippen LogP contribution is 2.10. The van der Waals surface area contributed by atoms with Crippen LogP contribution in [0.3, 0.4) is 0 Å². The van der Waals surface area contributed by atoms with Crippen LogP contribution in [0, 0.1) is 11.8 Å². The van der Waals surface area contributed by atoms with Crippen molar-refractivity contribution in [3.05, 3.63) is 0 Å². The molecular formula is C13H26N2O4. The summed E-state index contributed by atoms with van der Waals surface area (Å²) in [5.74, 6) is -1.48. The number of hydrogen-bond donors (Lipinski definition) is 2. The number of carboxylic acids is 1. The molecule has 0 aromatic rings. The van der Waals surface area contributed by atoms with Gasteiger partial charge in [0.25, 0.3) is 0 Å². The Morgan fingerprint density at radius 3 is 2.21 bits per heavy atom. The van der Waals surface area contributed by atoms with Crippen LogP contribution in [0.5, 0.6) is 0 Å². The van der Waals surface area contributed by atoms with E-state index in [1.54, 1.807) is 12.0 Å². The molecule has 0 saturated heterocycles. The molecule has 0 spiro atoms. The van der Waals surface area contributed by atoms with Crippen molar-refractivity contribution in [2.75, 3.05) is 26.8 Å². The van der Waals surface area contributed by atoms with E-state index >= 15 is 0 Å². The van der Waals surface area contributed by atoms with Gasteiger partial charge in [-0.3, -0.25) is 4.79 Å². The van der Waals surface area contributed by atoms with Gasteiger partial charge in [-0.1, -0.05) is 13.8 Å². The van der Waals surface area contributed by atoms with E-state index < -0.39 is 11.9 Å². The lowest BCUT2D eigenvalue weighted by Crippen LogP contribution is -2.47. The van der Waals surface area contributed by atoms with E-state index in [1.807, 2.05) is 27.7 Å². The summed E-state index contributed by atoms with van der Waals surface area (Å²) >= 11 is 0. The second kappa shape index (κ2) is 8.74. The van der Waals surface area contributed by atoms with Gasteiger partial charge >= 0.3 is 12.0 Å². The highest BCUT2D eigenvalue weighted by atomic mass is 16.5. The van der Waals surface area contributed by atoms with Gasteiger partial charge in [0.05, 0.1) is 12.5 Å². The monoisotopic (exact) mass is 274 g/mol. The number of carbonyl (C=O) groups is 2. The van der Waals surface area contributed by atoms with Gasteiger partial charge in [0.2, 0.25) is 0 Å². The van der Waals surface area contributed by atoms with Gasteiger partial charge in [0.1, 0.15) is 0 Å². The first-order chi connectivity index (χ1) is 8.81. The van der Waals surface area contributed by atoms with Crippen molar-refractivity contribution in [3.63, 3.8) is 0 Å². The molecule has 0 aliphatic heterocycles. The van der Waals surface area contributed by atoms with Gasteiger partial charge in [0.15, 0.2) is 0 Å². The molecule has 0 aromatic heterocycles. The van der Waals surface area contributed by atoms with E-state index in [9.17, 15) is 9.59 Å². The molecule has 2 amide bonds. The number of carbonyl (C=O) groups excluding carboxylic acids is 1. The Balaban J connectivity index is 4.43. The molecule has 0 aliphatic rings. The minimum Gasteiger partial charge on any atom is -0.481 e. The third kappa shape index (κ3) is 6.42. The minimum atomic E-state index is -0.886. The molecule has 0 aromatic carbocycles. The van der Waals surface area contributed by atoms with Crippen LogP contribution in [0.2, 0.25) is 0 Å². The molecular weight excluding hydrogens is 248 g/mol. The Kier molecular flexibility index (Phi) is 8.14. The number of nitrogens with one attached hydrogen (secondary N) is 1. The lowest BCUT2D eigenvalue weighted by Gasteiger charge is -2.27. The van der Waals surface area contributed by atoms with Gasteiger partial charge in [-0.05, 0) is 19.8 Å². The van der Waals surface area contributed by atoms with Crippen molar-refractivity contribution in [1.82, 2.24) is 10.2 Å². The number of carboxylic acid groups (broad SMARTS) is 1. The molecule has 0 bridgehead atoms. The molecule has 0 aliphatic carbocycles. The SMILES string of the molecule is COCCN(C(=O)NCC(C(=O)O)C(C)C)C(C)C. The Labute approximate surface area is 115 Å². The molecule has 1 atom stereocenters. The van der Waals surface area contributed by atoms with Crippen molar-refractivity contribution >= 4 is 12.0 Å². The lowest BCUT2D eigenvalue weighted by atomic mass is 9.96. The number of rotatable bonds is 8. The molecule has 0 radical (unpaired) electrons. The largest absolute Gasteiger partial charge is 0.481 e. The molecule has 19 heavy (non-hydrogen) atoms. The van der Waals surface area contributed by atoms with Crippen LogP contribution < -0.4 is 5.32 Å². The fourth-order valence-corrected chi connectivity index (χ4v) is 1.69. The number of methoxy groups -OCH3 is 1. The smallest absolute Gasteiger partial charge is 0.317 e. The van der Waals surface area contributed by atoms with Crippen molar-refractivity contribution < 1.29 is 19.4 Å². The molecule has 0 saturated carbocycles. The zero-order chi connectivity index (χ0) is 15.0. The average Bonchev–Trinajstić information content (AvgIpc) is 2.28. The molecule has 6 heteroatoms. The summed E-state index contributed by atoms with van der Waals surface area (Å²) in [6.45, 7) is 8.56. The van der Waals surface area contributed by atoms with Gasteiger partial charge in [-0.25, -0.2) is 4.79 Å². The number of urea groups is 1. The summed E-state index contributed by atoms with van der Waals surface area (Å²) in [5, 5.41) is 11.7. The maximum atomic E-state index is 12.0. The maximum absolute atomic E-state index is 12.0. The normalized spacial score (nSPS) is 12.6. The van der Waals surface area contributed by atoms with Crippen molar-refractivity contribution in [1.29, 1.82) is 0 Å². The summed E-state index contributed by atoms with van der Waals surface area (Å²) in [7, 11) is 1.58. The summed E-state index contributed by atoms with van der Waals surface area (Å²) in [6, 6.07) is -0.212. The van der Waals surface area contributed by atoms with Crippen LogP contribution in [-0.4, -0.2) is 54.9 Å². The molecule has 0 fully saturated rings. The molecule has 0 heterocycles.